The first-order chi connectivity index (χ1) is 7.99. The zero-order chi connectivity index (χ0) is 12.9. The molecule has 0 aliphatic rings. The van der Waals surface area contributed by atoms with Gasteiger partial charge in [0.05, 0.1) is 10.6 Å². The van der Waals surface area contributed by atoms with E-state index in [2.05, 4.69) is 0 Å². The van der Waals surface area contributed by atoms with Gasteiger partial charge in [-0.3, -0.25) is 0 Å². The standard InChI is InChI=1S/C13H18O2S2/c1-4-12(16-3)9-10-17(14,15)13-7-5-11(2)6-8-13/h5-9H,4,10H2,1-3H3/b12-9+. The van der Waals surface area contributed by atoms with E-state index in [4.69, 9.17) is 0 Å². The van der Waals surface area contributed by atoms with Crippen molar-refractivity contribution in [3.8, 4) is 0 Å². The zero-order valence-electron chi connectivity index (χ0n) is 10.4. The minimum absolute atomic E-state index is 0.0834. The van der Waals surface area contributed by atoms with Gasteiger partial charge in [-0.15, -0.1) is 11.8 Å². The minimum atomic E-state index is -3.18. The highest BCUT2D eigenvalue weighted by Gasteiger charge is 2.12. The molecule has 0 atom stereocenters. The Balaban J connectivity index is 2.89. The van der Waals surface area contributed by atoms with E-state index >= 15 is 0 Å². The van der Waals surface area contributed by atoms with E-state index in [0.29, 0.717) is 4.90 Å². The monoisotopic (exact) mass is 270 g/mol. The van der Waals surface area contributed by atoms with E-state index in [0.717, 1.165) is 16.9 Å². The fraction of sp³-hybridized carbons (Fsp3) is 0.385. The molecule has 0 spiro atoms. The van der Waals surface area contributed by atoms with Gasteiger partial charge in [0.15, 0.2) is 9.84 Å². The molecule has 0 fully saturated rings. The third kappa shape index (κ3) is 4.21. The van der Waals surface area contributed by atoms with Crippen molar-refractivity contribution in [2.45, 2.75) is 25.2 Å². The minimum Gasteiger partial charge on any atom is -0.223 e. The average molecular weight is 270 g/mol. The molecule has 0 unspecified atom stereocenters. The lowest BCUT2D eigenvalue weighted by molar-refractivity contribution is 0.599. The Morgan fingerprint density at radius 2 is 1.88 bits per heavy atom. The highest BCUT2D eigenvalue weighted by molar-refractivity contribution is 8.02. The highest BCUT2D eigenvalue weighted by Crippen LogP contribution is 2.18. The number of rotatable bonds is 5. The highest BCUT2D eigenvalue weighted by atomic mass is 32.2. The lowest BCUT2D eigenvalue weighted by Crippen LogP contribution is -2.05. The number of thioether (sulfide) groups is 1. The molecule has 0 amide bonds. The molecule has 4 heteroatoms. The van der Waals surface area contributed by atoms with Gasteiger partial charge in [-0.1, -0.05) is 30.7 Å². The molecule has 94 valence electrons. The summed E-state index contributed by atoms with van der Waals surface area (Å²) in [6.45, 7) is 3.97. The van der Waals surface area contributed by atoms with Gasteiger partial charge in [0, 0.05) is 0 Å². The lowest BCUT2D eigenvalue weighted by Gasteiger charge is -2.03. The number of hydrogen-bond donors (Lipinski definition) is 0. The molecule has 0 aromatic heterocycles. The van der Waals surface area contributed by atoms with Crippen LogP contribution < -0.4 is 0 Å². The van der Waals surface area contributed by atoms with Crippen LogP contribution in [0.2, 0.25) is 0 Å². The number of sulfone groups is 1. The van der Waals surface area contributed by atoms with E-state index in [1.54, 1.807) is 30.0 Å². The average Bonchev–Trinajstić information content (AvgIpc) is 2.31. The Hall–Kier alpha value is -0.740. The van der Waals surface area contributed by atoms with Gasteiger partial charge in [-0.2, -0.15) is 0 Å². The first kappa shape index (κ1) is 14.3. The van der Waals surface area contributed by atoms with Crippen molar-refractivity contribution in [1.29, 1.82) is 0 Å². The number of benzene rings is 1. The molecule has 0 radical (unpaired) electrons. The summed E-state index contributed by atoms with van der Waals surface area (Å²) in [4.78, 5) is 1.51. The lowest BCUT2D eigenvalue weighted by atomic mass is 10.2. The second kappa shape index (κ2) is 6.26. The summed E-state index contributed by atoms with van der Waals surface area (Å²) >= 11 is 1.60. The van der Waals surface area contributed by atoms with Gasteiger partial charge in [-0.05, 0) is 36.6 Å². The molecule has 1 rings (SSSR count). The van der Waals surface area contributed by atoms with Gasteiger partial charge in [0.1, 0.15) is 0 Å². The first-order valence-corrected chi connectivity index (χ1v) is 8.39. The Kier molecular flexibility index (Phi) is 5.28. The predicted molar refractivity (Wildman–Crippen MR) is 75.1 cm³/mol. The molecule has 1 aromatic carbocycles. The van der Waals surface area contributed by atoms with Crippen molar-refractivity contribution in [3.05, 3.63) is 40.8 Å². The fourth-order valence-corrected chi connectivity index (χ4v) is 3.22. The van der Waals surface area contributed by atoms with E-state index in [-0.39, 0.29) is 5.75 Å². The Morgan fingerprint density at radius 1 is 1.29 bits per heavy atom. The molecular formula is C13H18O2S2. The number of allylic oxidation sites excluding steroid dienone is 1. The molecule has 0 saturated carbocycles. The smallest absolute Gasteiger partial charge is 0.181 e. The van der Waals surface area contributed by atoms with Gasteiger partial charge in [0.2, 0.25) is 0 Å². The second-order valence-electron chi connectivity index (χ2n) is 3.82. The quantitative estimate of drug-likeness (QED) is 0.822. The number of hydrogen-bond acceptors (Lipinski definition) is 3. The van der Waals surface area contributed by atoms with E-state index in [1.165, 1.54) is 0 Å². The van der Waals surface area contributed by atoms with Crippen LogP contribution in [0.5, 0.6) is 0 Å². The van der Waals surface area contributed by atoms with Crippen LogP contribution in [0.25, 0.3) is 0 Å². The van der Waals surface area contributed by atoms with Crippen LogP contribution in [0, 0.1) is 6.92 Å². The van der Waals surface area contributed by atoms with E-state index in [1.807, 2.05) is 32.2 Å². The van der Waals surface area contributed by atoms with Crippen LogP contribution in [0.1, 0.15) is 18.9 Å². The van der Waals surface area contributed by atoms with Crippen molar-refractivity contribution in [2.24, 2.45) is 0 Å². The third-order valence-corrected chi connectivity index (χ3v) is 5.10. The SMILES string of the molecule is CC/C(=C\CS(=O)(=O)c1ccc(C)cc1)SC. The molecule has 17 heavy (non-hydrogen) atoms. The maximum atomic E-state index is 12.0. The summed E-state index contributed by atoms with van der Waals surface area (Å²) in [7, 11) is -3.18. The fourth-order valence-electron chi connectivity index (χ4n) is 1.42. The van der Waals surface area contributed by atoms with Gasteiger partial charge >= 0.3 is 0 Å². The van der Waals surface area contributed by atoms with Crippen LogP contribution in [-0.2, 0) is 9.84 Å². The predicted octanol–water partition coefficient (Wildman–Crippen LogP) is 3.43. The Morgan fingerprint density at radius 3 is 2.35 bits per heavy atom. The number of aryl methyl sites for hydroxylation is 1. The second-order valence-corrected chi connectivity index (χ2v) is 6.79. The molecule has 0 N–H and O–H groups in total. The maximum absolute atomic E-state index is 12.0. The third-order valence-electron chi connectivity index (χ3n) is 2.52. The van der Waals surface area contributed by atoms with Crippen molar-refractivity contribution in [1.82, 2.24) is 0 Å². The van der Waals surface area contributed by atoms with Crippen molar-refractivity contribution < 1.29 is 8.42 Å². The molecule has 0 aliphatic carbocycles. The molecule has 0 bridgehead atoms. The van der Waals surface area contributed by atoms with Crippen LogP contribution in [0.3, 0.4) is 0 Å². The molecule has 2 nitrogen and oxygen atoms in total. The van der Waals surface area contributed by atoms with Crippen LogP contribution >= 0.6 is 11.8 Å². The molecule has 1 aromatic rings. The molecule has 0 heterocycles. The maximum Gasteiger partial charge on any atom is 0.181 e. The topological polar surface area (TPSA) is 34.1 Å². The molecular weight excluding hydrogens is 252 g/mol. The summed E-state index contributed by atoms with van der Waals surface area (Å²) in [6, 6.07) is 6.99. The van der Waals surface area contributed by atoms with Gasteiger partial charge < -0.3 is 0 Å². The first-order valence-electron chi connectivity index (χ1n) is 5.52. The van der Waals surface area contributed by atoms with Crippen molar-refractivity contribution in [2.75, 3.05) is 12.0 Å². The summed E-state index contributed by atoms with van der Waals surface area (Å²) in [5, 5.41) is 0. The zero-order valence-corrected chi connectivity index (χ0v) is 12.1. The summed E-state index contributed by atoms with van der Waals surface area (Å²) < 4.78 is 24.1. The summed E-state index contributed by atoms with van der Waals surface area (Å²) in [6.07, 6.45) is 4.65. The Labute approximate surface area is 108 Å². The van der Waals surface area contributed by atoms with Crippen molar-refractivity contribution >= 4 is 21.6 Å². The van der Waals surface area contributed by atoms with Crippen LogP contribution in [0.4, 0.5) is 0 Å². The normalized spacial score (nSPS) is 12.8. The van der Waals surface area contributed by atoms with E-state index < -0.39 is 9.84 Å². The van der Waals surface area contributed by atoms with E-state index in [9.17, 15) is 8.42 Å². The largest absolute Gasteiger partial charge is 0.223 e. The molecule has 0 saturated heterocycles. The van der Waals surface area contributed by atoms with Crippen LogP contribution in [-0.4, -0.2) is 20.4 Å². The Bertz CT molecular complexity index is 479. The van der Waals surface area contributed by atoms with Crippen LogP contribution in [0.15, 0.2) is 40.1 Å². The van der Waals surface area contributed by atoms with Gasteiger partial charge in [0.25, 0.3) is 0 Å². The van der Waals surface area contributed by atoms with Gasteiger partial charge in [-0.25, -0.2) is 8.42 Å². The summed E-state index contributed by atoms with van der Waals surface area (Å²) in [5.41, 5.74) is 1.07. The molecule has 0 aliphatic heterocycles. The van der Waals surface area contributed by atoms with Crippen molar-refractivity contribution in [3.63, 3.8) is 0 Å². The summed E-state index contributed by atoms with van der Waals surface area (Å²) in [5.74, 6) is 0.0834.